The Hall–Kier alpha value is -1.06. The third kappa shape index (κ3) is 2.99. The molecule has 0 radical (unpaired) electrons. The summed E-state index contributed by atoms with van der Waals surface area (Å²) in [6.07, 6.45) is 2.53. The van der Waals surface area contributed by atoms with Gasteiger partial charge in [0.2, 0.25) is 0 Å². The lowest BCUT2D eigenvalue weighted by atomic mass is 10.1. The number of ether oxygens (including phenoxy) is 1. The Morgan fingerprint density at radius 2 is 2.24 bits per heavy atom. The highest BCUT2D eigenvalue weighted by atomic mass is 16.5. The molecule has 94 valence electrons. The number of nitrogens with one attached hydrogen (secondary N) is 1. The molecule has 1 aliphatic carbocycles. The molecule has 1 aliphatic rings. The van der Waals surface area contributed by atoms with E-state index in [2.05, 4.69) is 18.3 Å². The molecule has 3 atom stereocenters. The van der Waals surface area contributed by atoms with Gasteiger partial charge < -0.3 is 15.2 Å². The fraction of sp³-hybridized carbons (Fsp3) is 0.571. The van der Waals surface area contributed by atoms with Gasteiger partial charge in [0.25, 0.3) is 0 Å². The molecule has 1 saturated carbocycles. The third-order valence-corrected chi connectivity index (χ3v) is 3.50. The molecule has 1 fully saturated rings. The van der Waals surface area contributed by atoms with Crippen LogP contribution in [0.15, 0.2) is 24.3 Å². The van der Waals surface area contributed by atoms with Crippen molar-refractivity contribution in [1.29, 1.82) is 0 Å². The van der Waals surface area contributed by atoms with Gasteiger partial charge >= 0.3 is 0 Å². The van der Waals surface area contributed by atoms with Crippen LogP contribution >= 0.6 is 0 Å². The third-order valence-electron chi connectivity index (χ3n) is 3.50. The van der Waals surface area contributed by atoms with Gasteiger partial charge in [-0.1, -0.05) is 12.1 Å². The lowest BCUT2D eigenvalue weighted by molar-refractivity contribution is 0.0603. The molecule has 1 aromatic rings. The fourth-order valence-corrected chi connectivity index (χ4v) is 2.24. The first-order valence-corrected chi connectivity index (χ1v) is 6.32. The van der Waals surface area contributed by atoms with Crippen LogP contribution in [0, 0.1) is 0 Å². The molecule has 0 aromatic heterocycles. The van der Waals surface area contributed by atoms with Gasteiger partial charge in [0.05, 0.1) is 6.10 Å². The van der Waals surface area contributed by atoms with Crippen LogP contribution in [0.25, 0.3) is 0 Å². The van der Waals surface area contributed by atoms with E-state index in [4.69, 9.17) is 4.74 Å². The predicted octanol–water partition coefficient (Wildman–Crippen LogP) is 2.26. The van der Waals surface area contributed by atoms with Crippen LogP contribution in [-0.2, 0) is 0 Å². The van der Waals surface area contributed by atoms with Crippen molar-refractivity contribution >= 4 is 0 Å². The number of aliphatic hydroxyl groups excluding tert-OH is 1. The van der Waals surface area contributed by atoms with Crippen molar-refractivity contribution in [2.24, 2.45) is 0 Å². The van der Waals surface area contributed by atoms with Crippen LogP contribution in [0.2, 0.25) is 0 Å². The van der Waals surface area contributed by atoms with Crippen LogP contribution < -0.4 is 10.1 Å². The summed E-state index contributed by atoms with van der Waals surface area (Å²) >= 11 is 0. The molecule has 17 heavy (non-hydrogen) atoms. The Bertz CT molecular complexity index is 367. The van der Waals surface area contributed by atoms with E-state index in [1.807, 2.05) is 25.2 Å². The predicted molar refractivity (Wildman–Crippen MR) is 68.2 cm³/mol. The van der Waals surface area contributed by atoms with E-state index in [9.17, 15) is 5.11 Å². The molecular formula is C14H21NO2. The van der Waals surface area contributed by atoms with E-state index in [0.717, 1.165) is 25.0 Å². The molecule has 2 rings (SSSR count). The second kappa shape index (κ2) is 5.52. The van der Waals surface area contributed by atoms with E-state index >= 15 is 0 Å². The van der Waals surface area contributed by atoms with E-state index in [0.29, 0.717) is 6.04 Å². The molecule has 0 saturated heterocycles. The minimum Gasteiger partial charge on any atom is -0.488 e. The van der Waals surface area contributed by atoms with Gasteiger partial charge in [-0.15, -0.1) is 0 Å². The molecule has 3 unspecified atom stereocenters. The standard InChI is InChI=1S/C14H21NO2/c1-10(15-2)11-5-3-6-12(9-11)17-14-8-4-7-13(14)16/h3,5-6,9-10,13-16H,4,7-8H2,1-2H3. The van der Waals surface area contributed by atoms with E-state index in [1.165, 1.54) is 5.56 Å². The Kier molecular flexibility index (Phi) is 4.02. The molecule has 0 heterocycles. The first kappa shape index (κ1) is 12.4. The summed E-state index contributed by atoms with van der Waals surface area (Å²) in [5.74, 6) is 0.857. The topological polar surface area (TPSA) is 41.5 Å². The second-order valence-corrected chi connectivity index (χ2v) is 4.74. The normalized spacial score (nSPS) is 25.8. The molecule has 3 heteroatoms. The van der Waals surface area contributed by atoms with Crippen molar-refractivity contribution in [1.82, 2.24) is 5.32 Å². The first-order valence-electron chi connectivity index (χ1n) is 6.32. The van der Waals surface area contributed by atoms with Crippen LogP contribution in [0.1, 0.15) is 37.8 Å². The Morgan fingerprint density at radius 1 is 1.41 bits per heavy atom. The smallest absolute Gasteiger partial charge is 0.124 e. The number of hydrogen-bond acceptors (Lipinski definition) is 3. The minimum atomic E-state index is -0.305. The Labute approximate surface area is 103 Å². The maximum Gasteiger partial charge on any atom is 0.124 e. The summed E-state index contributed by atoms with van der Waals surface area (Å²) in [5, 5.41) is 12.9. The zero-order chi connectivity index (χ0) is 12.3. The molecule has 0 amide bonds. The number of aliphatic hydroxyl groups is 1. The summed E-state index contributed by atoms with van der Waals surface area (Å²) < 4.78 is 5.85. The van der Waals surface area contributed by atoms with Gasteiger partial charge in [-0.2, -0.15) is 0 Å². The quantitative estimate of drug-likeness (QED) is 0.841. The van der Waals surface area contributed by atoms with E-state index in [-0.39, 0.29) is 12.2 Å². The maximum atomic E-state index is 9.74. The Morgan fingerprint density at radius 3 is 2.88 bits per heavy atom. The van der Waals surface area contributed by atoms with E-state index in [1.54, 1.807) is 0 Å². The summed E-state index contributed by atoms with van der Waals surface area (Å²) in [7, 11) is 1.94. The van der Waals surface area contributed by atoms with Crippen molar-refractivity contribution in [2.45, 2.75) is 44.4 Å². The SMILES string of the molecule is CNC(C)c1cccc(OC2CCCC2O)c1. The fourth-order valence-electron chi connectivity index (χ4n) is 2.24. The molecule has 0 bridgehead atoms. The van der Waals surface area contributed by atoms with Crippen LogP contribution in [-0.4, -0.2) is 24.4 Å². The number of rotatable bonds is 4. The molecule has 0 spiro atoms. The number of benzene rings is 1. The van der Waals surface area contributed by atoms with Crippen molar-refractivity contribution in [3.63, 3.8) is 0 Å². The minimum absolute atomic E-state index is 0.0323. The highest BCUT2D eigenvalue weighted by Gasteiger charge is 2.26. The molecule has 3 nitrogen and oxygen atoms in total. The molecular weight excluding hydrogens is 214 g/mol. The van der Waals surface area contributed by atoms with Crippen molar-refractivity contribution in [3.8, 4) is 5.75 Å². The lowest BCUT2D eigenvalue weighted by Crippen LogP contribution is -2.25. The first-order chi connectivity index (χ1) is 8.20. The Balaban J connectivity index is 2.05. The van der Waals surface area contributed by atoms with Gasteiger partial charge in [0.1, 0.15) is 11.9 Å². The van der Waals surface area contributed by atoms with Gasteiger partial charge in [-0.3, -0.25) is 0 Å². The van der Waals surface area contributed by atoms with Crippen molar-refractivity contribution < 1.29 is 9.84 Å². The molecule has 1 aromatic carbocycles. The highest BCUT2D eigenvalue weighted by Crippen LogP contribution is 2.26. The van der Waals surface area contributed by atoms with Gasteiger partial charge in [-0.05, 0) is 50.9 Å². The van der Waals surface area contributed by atoms with Crippen LogP contribution in [0.3, 0.4) is 0 Å². The van der Waals surface area contributed by atoms with Gasteiger partial charge in [-0.25, -0.2) is 0 Å². The van der Waals surface area contributed by atoms with Crippen molar-refractivity contribution in [2.75, 3.05) is 7.05 Å². The zero-order valence-corrected chi connectivity index (χ0v) is 10.5. The largest absolute Gasteiger partial charge is 0.488 e. The second-order valence-electron chi connectivity index (χ2n) is 4.74. The summed E-state index contributed by atoms with van der Waals surface area (Å²) in [6.45, 7) is 2.11. The highest BCUT2D eigenvalue weighted by molar-refractivity contribution is 5.30. The van der Waals surface area contributed by atoms with E-state index < -0.39 is 0 Å². The lowest BCUT2D eigenvalue weighted by Gasteiger charge is -2.18. The average molecular weight is 235 g/mol. The molecule has 2 N–H and O–H groups in total. The average Bonchev–Trinajstić information content (AvgIpc) is 2.74. The monoisotopic (exact) mass is 235 g/mol. The zero-order valence-electron chi connectivity index (χ0n) is 10.5. The van der Waals surface area contributed by atoms with Crippen LogP contribution in [0.4, 0.5) is 0 Å². The summed E-state index contributed by atoms with van der Waals surface area (Å²) in [4.78, 5) is 0. The molecule has 0 aliphatic heterocycles. The maximum absolute atomic E-state index is 9.74. The summed E-state index contributed by atoms with van der Waals surface area (Å²) in [5.41, 5.74) is 1.21. The van der Waals surface area contributed by atoms with Crippen molar-refractivity contribution in [3.05, 3.63) is 29.8 Å². The van der Waals surface area contributed by atoms with Crippen LogP contribution in [0.5, 0.6) is 5.75 Å². The number of hydrogen-bond donors (Lipinski definition) is 2. The van der Waals surface area contributed by atoms with Gasteiger partial charge in [0.15, 0.2) is 0 Å². The van der Waals surface area contributed by atoms with Gasteiger partial charge in [0, 0.05) is 6.04 Å². The summed E-state index contributed by atoms with van der Waals surface area (Å²) in [6, 6.07) is 8.40.